The van der Waals surface area contributed by atoms with Gasteiger partial charge in [0, 0.05) is 24.7 Å². The van der Waals surface area contributed by atoms with Gasteiger partial charge in [0.25, 0.3) is 0 Å². The van der Waals surface area contributed by atoms with Crippen molar-refractivity contribution >= 4 is 22.7 Å². The number of nitrogens with zero attached hydrogens (tertiary/aromatic N) is 5. The highest BCUT2D eigenvalue weighted by Gasteiger charge is 2.28. The summed E-state index contributed by atoms with van der Waals surface area (Å²) in [6, 6.07) is 8.51. The molecule has 132 valence electrons. The Kier molecular flexibility index (Phi) is 3.77. The van der Waals surface area contributed by atoms with Crippen molar-refractivity contribution in [2.75, 3.05) is 24.6 Å². The van der Waals surface area contributed by atoms with Crippen LogP contribution in [0, 0.1) is 0 Å². The first-order chi connectivity index (χ1) is 12.9. The molecule has 1 atom stereocenters. The third-order valence-electron chi connectivity index (χ3n) is 5.13. The molecule has 1 saturated heterocycles. The lowest BCUT2D eigenvalue weighted by atomic mass is 10.1. The van der Waals surface area contributed by atoms with Crippen molar-refractivity contribution < 1.29 is 4.74 Å². The molecular formula is C19H20N6O. The number of hydrogen-bond donors (Lipinski definition) is 1. The normalized spacial score (nSPS) is 19.5. The van der Waals surface area contributed by atoms with Crippen LogP contribution < -0.4 is 15.5 Å². The molecule has 0 bridgehead atoms. The molecule has 2 aromatic heterocycles. The van der Waals surface area contributed by atoms with E-state index < -0.39 is 0 Å². The van der Waals surface area contributed by atoms with Crippen LogP contribution in [0.2, 0.25) is 0 Å². The molecule has 2 aliphatic heterocycles. The van der Waals surface area contributed by atoms with Crippen molar-refractivity contribution in [1.82, 2.24) is 19.9 Å². The van der Waals surface area contributed by atoms with E-state index in [0.29, 0.717) is 18.3 Å². The summed E-state index contributed by atoms with van der Waals surface area (Å²) in [5, 5.41) is 2.16. The minimum absolute atomic E-state index is 0.301. The molecule has 0 unspecified atom stereocenters. The highest BCUT2D eigenvalue weighted by Crippen LogP contribution is 2.28. The predicted molar refractivity (Wildman–Crippen MR) is 98.1 cm³/mol. The smallest absolute Gasteiger partial charge is 0.182 e. The number of para-hydroxylation sites is 1. The van der Waals surface area contributed by atoms with Crippen LogP contribution in [0.1, 0.15) is 19.3 Å². The van der Waals surface area contributed by atoms with Crippen molar-refractivity contribution in [2.24, 2.45) is 4.99 Å². The van der Waals surface area contributed by atoms with Gasteiger partial charge in [0.2, 0.25) is 0 Å². The quantitative estimate of drug-likeness (QED) is 0.766. The molecular weight excluding hydrogens is 328 g/mol. The lowest BCUT2D eigenvalue weighted by Crippen LogP contribution is -2.36. The van der Waals surface area contributed by atoms with Crippen LogP contribution in [-0.4, -0.2) is 45.7 Å². The van der Waals surface area contributed by atoms with Crippen LogP contribution in [-0.2, 0) is 4.74 Å². The number of benzene rings is 1. The van der Waals surface area contributed by atoms with Gasteiger partial charge in [0.05, 0.1) is 17.7 Å². The van der Waals surface area contributed by atoms with Crippen molar-refractivity contribution in [3.63, 3.8) is 0 Å². The average molecular weight is 348 g/mol. The van der Waals surface area contributed by atoms with Crippen molar-refractivity contribution in [3.05, 3.63) is 47.5 Å². The number of H-pyrrole nitrogens is 1. The molecule has 0 amide bonds. The number of imidazole rings is 1. The van der Waals surface area contributed by atoms with Gasteiger partial charge in [-0.2, -0.15) is 0 Å². The molecule has 1 fully saturated rings. The molecule has 3 aromatic rings. The first kappa shape index (κ1) is 15.3. The van der Waals surface area contributed by atoms with Crippen LogP contribution >= 0.6 is 0 Å². The summed E-state index contributed by atoms with van der Waals surface area (Å²) >= 11 is 0. The molecule has 0 radical (unpaired) electrons. The fraction of sp³-hybridized carbons (Fsp3) is 0.368. The summed E-state index contributed by atoms with van der Waals surface area (Å²) in [6.07, 6.45) is 6.35. The van der Waals surface area contributed by atoms with Gasteiger partial charge in [-0.25, -0.2) is 15.0 Å². The van der Waals surface area contributed by atoms with E-state index in [2.05, 4.69) is 42.0 Å². The molecule has 4 heterocycles. The second-order valence-electron chi connectivity index (χ2n) is 6.67. The second kappa shape index (κ2) is 6.40. The van der Waals surface area contributed by atoms with Crippen LogP contribution in [0.15, 0.2) is 41.9 Å². The minimum Gasteiger partial charge on any atom is -0.495 e. The Bertz CT molecular complexity index is 1060. The number of aromatic amines is 1. The third-order valence-corrected chi connectivity index (χ3v) is 5.13. The van der Waals surface area contributed by atoms with Gasteiger partial charge < -0.3 is 14.6 Å². The Morgan fingerprint density at radius 3 is 3.15 bits per heavy atom. The van der Waals surface area contributed by atoms with Gasteiger partial charge in [0.15, 0.2) is 11.5 Å². The molecule has 0 aliphatic carbocycles. The zero-order chi connectivity index (χ0) is 17.3. The Balaban J connectivity index is 1.41. The standard InChI is InChI=1S/C19H20N6O/c1-2-6-15-14(5-1)16(7-8-20-15)26-10-13-4-3-9-25(13)19-17-18(22-11-21-17)23-12-24-19/h1-2,5-6,11-13H,3-4,7-10H2,(H,21,22,23,24)/t13-/m1/s1. The van der Waals surface area contributed by atoms with Gasteiger partial charge in [-0.3, -0.25) is 4.99 Å². The third kappa shape index (κ3) is 2.60. The van der Waals surface area contributed by atoms with Gasteiger partial charge >= 0.3 is 0 Å². The molecule has 1 N–H and O–H groups in total. The molecule has 7 heteroatoms. The maximum Gasteiger partial charge on any atom is 0.182 e. The van der Waals surface area contributed by atoms with Gasteiger partial charge in [0.1, 0.15) is 24.2 Å². The Labute approximate surface area is 150 Å². The Morgan fingerprint density at radius 1 is 1.19 bits per heavy atom. The van der Waals surface area contributed by atoms with E-state index in [-0.39, 0.29) is 0 Å². The Morgan fingerprint density at radius 2 is 2.15 bits per heavy atom. The first-order valence-electron chi connectivity index (χ1n) is 9.06. The van der Waals surface area contributed by atoms with Gasteiger partial charge in [-0.05, 0) is 25.0 Å². The average Bonchev–Trinajstić information content (AvgIpc) is 3.35. The fourth-order valence-electron chi connectivity index (χ4n) is 3.86. The summed E-state index contributed by atoms with van der Waals surface area (Å²) in [6.45, 7) is 2.42. The summed E-state index contributed by atoms with van der Waals surface area (Å²) in [7, 11) is 0. The van der Waals surface area contributed by atoms with Crippen molar-refractivity contribution in [2.45, 2.75) is 25.3 Å². The Hall–Kier alpha value is -2.96. The van der Waals surface area contributed by atoms with Crippen LogP contribution in [0.5, 0.6) is 0 Å². The summed E-state index contributed by atoms with van der Waals surface area (Å²) in [5.41, 5.74) is 1.60. The van der Waals surface area contributed by atoms with E-state index >= 15 is 0 Å². The van der Waals surface area contributed by atoms with Crippen LogP contribution in [0.25, 0.3) is 16.9 Å². The second-order valence-corrected chi connectivity index (χ2v) is 6.67. The lowest BCUT2D eigenvalue weighted by molar-refractivity contribution is 0.237. The summed E-state index contributed by atoms with van der Waals surface area (Å²) in [4.78, 5) is 23.0. The predicted octanol–water partition coefficient (Wildman–Crippen LogP) is 1.17. The monoisotopic (exact) mass is 348 g/mol. The molecule has 0 spiro atoms. The topological polar surface area (TPSA) is 79.3 Å². The fourth-order valence-corrected chi connectivity index (χ4v) is 3.86. The number of rotatable bonds is 4. The van der Waals surface area contributed by atoms with E-state index in [0.717, 1.165) is 60.0 Å². The van der Waals surface area contributed by atoms with Gasteiger partial charge in [-0.15, -0.1) is 0 Å². The zero-order valence-corrected chi connectivity index (χ0v) is 14.4. The van der Waals surface area contributed by atoms with E-state index in [1.54, 1.807) is 12.7 Å². The van der Waals surface area contributed by atoms with E-state index in [9.17, 15) is 0 Å². The first-order valence-corrected chi connectivity index (χ1v) is 9.06. The molecule has 1 aromatic carbocycles. The van der Waals surface area contributed by atoms with Crippen LogP contribution in [0.4, 0.5) is 5.82 Å². The number of nitrogens with one attached hydrogen (secondary N) is 1. The summed E-state index contributed by atoms with van der Waals surface area (Å²) in [5.74, 6) is 1.97. The summed E-state index contributed by atoms with van der Waals surface area (Å²) < 4.78 is 6.28. The van der Waals surface area contributed by atoms with Crippen molar-refractivity contribution in [3.8, 4) is 0 Å². The molecule has 7 nitrogen and oxygen atoms in total. The van der Waals surface area contributed by atoms with E-state index in [4.69, 9.17) is 4.74 Å². The maximum atomic E-state index is 6.28. The molecule has 26 heavy (non-hydrogen) atoms. The number of fused-ring (bicyclic) bond motifs is 2. The number of aromatic nitrogens is 4. The van der Waals surface area contributed by atoms with E-state index in [1.165, 1.54) is 0 Å². The molecule has 0 saturated carbocycles. The van der Waals surface area contributed by atoms with Crippen molar-refractivity contribution in [1.29, 1.82) is 0 Å². The maximum absolute atomic E-state index is 6.28. The molecule has 2 aliphatic rings. The SMILES string of the molecule is c1ccc2c(c1)=NCCC=2OC[C@H]1CCCN1c1ncnc2nc[nH]c12. The highest BCUT2D eigenvalue weighted by molar-refractivity contribution is 5.83. The molecule has 5 rings (SSSR count). The van der Waals surface area contributed by atoms with Gasteiger partial charge in [-0.1, -0.05) is 12.1 Å². The minimum atomic E-state index is 0.301. The van der Waals surface area contributed by atoms with E-state index in [1.807, 2.05) is 12.1 Å². The van der Waals surface area contributed by atoms with Crippen LogP contribution in [0.3, 0.4) is 0 Å². The lowest BCUT2D eigenvalue weighted by Gasteiger charge is -2.26. The highest BCUT2D eigenvalue weighted by atomic mass is 16.5. The largest absolute Gasteiger partial charge is 0.495 e. The number of anilines is 1. The number of hydrogen-bond acceptors (Lipinski definition) is 6. The number of ether oxygens (including phenoxy) is 1. The zero-order valence-electron chi connectivity index (χ0n) is 14.4.